The molecule has 0 atom stereocenters. The second-order valence-corrected chi connectivity index (χ2v) is 5.47. The average Bonchev–Trinajstić information content (AvgIpc) is 3.02. The molecule has 7 heteroatoms. The predicted molar refractivity (Wildman–Crippen MR) is 95.9 cm³/mol. The molecule has 3 aromatic rings. The molecule has 0 aliphatic heterocycles. The molecule has 24 heavy (non-hydrogen) atoms. The van der Waals surface area contributed by atoms with Gasteiger partial charge in [0.2, 0.25) is 0 Å². The number of fused-ring (bicyclic) bond motifs is 1. The molecule has 0 saturated carbocycles. The number of hydrogen-bond acceptors (Lipinski definition) is 4. The Bertz CT molecular complexity index is 895. The zero-order valence-electron chi connectivity index (χ0n) is 13.6. The first-order valence-corrected chi connectivity index (χ1v) is 8.16. The number of amides is 1. The summed E-state index contributed by atoms with van der Waals surface area (Å²) in [6, 6.07) is 8.73. The summed E-state index contributed by atoms with van der Waals surface area (Å²) in [5.74, 6) is 0.296. The van der Waals surface area contributed by atoms with Crippen LogP contribution < -0.4 is 4.90 Å². The summed E-state index contributed by atoms with van der Waals surface area (Å²) >= 11 is 3.40. The summed E-state index contributed by atoms with van der Waals surface area (Å²) in [5, 5.41) is 12.9. The van der Waals surface area contributed by atoms with Crippen LogP contribution in [0.1, 0.15) is 29.8 Å². The molecule has 3 aromatic heterocycles. The molecule has 0 spiro atoms. The quantitative estimate of drug-likeness (QED) is 0.674. The lowest BCUT2D eigenvalue weighted by Crippen LogP contribution is -2.27. The van der Waals surface area contributed by atoms with Gasteiger partial charge in [0.1, 0.15) is 11.9 Å². The highest BCUT2D eigenvalue weighted by atomic mass is 79.9. The van der Waals surface area contributed by atoms with Gasteiger partial charge in [-0.3, -0.25) is 9.69 Å². The fourth-order valence-electron chi connectivity index (χ4n) is 2.03. The number of carbonyl (C=O) groups excluding carboxylic acids is 1. The predicted octanol–water partition coefficient (Wildman–Crippen LogP) is 3.67. The molecule has 122 valence electrons. The first-order chi connectivity index (χ1) is 11.6. The molecule has 0 saturated heterocycles. The van der Waals surface area contributed by atoms with Crippen LogP contribution in [0.25, 0.3) is 5.52 Å². The Morgan fingerprint density at radius 1 is 1.29 bits per heavy atom. The van der Waals surface area contributed by atoms with Crippen molar-refractivity contribution in [3.8, 4) is 6.07 Å². The van der Waals surface area contributed by atoms with E-state index in [1.807, 2.05) is 19.9 Å². The summed E-state index contributed by atoms with van der Waals surface area (Å²) in [6.07, 6.45) is 4.85. The number of nitrogens with zero attached hydrogens (tertiary/aromatic N) is 5. The van der Waals surface area contributed by atoms with Gasteiger partial charge in [-0.05, 0) is 40.2 Å². The van der Waals surface area contributed by atoms with Crippen LogP contribution in [0.3, 0.4) is 0 Å². The molecule has 6 nitrogen and oxygen atoms in total. The summed E-state index contributed by atoms with van der Waals surface area (Å²) in [5.41, 5.74) is 1.80. The second-order valence-electron chi connectivity index (χ2n) is 4.62. The van der Waals surface area contributed by atoms with E-state index in [1.54, 1.807) is 48.2 Å². The van der Waals surface area contributed by atoms with Crippen molar-refractivity contribution in [1.29, 1.82) is 5.26 Å². The minimum Gasteiger partial charge on any atom is -0.296 e. The SMILES string of the molecule is CC.CN(C(=O)c1ccn2ncc(Br)c2c1)c1ccc(C#N)cn1. The second kappa shape index (κ2) is 7.70. The maximum Gasteiger partial charge on any atom is 0.259 e. The molecule has 0 N–H and O–H groups in total. The van der Waals surface area contributed by atoms with Crippen molar-refractivity contribution in [2.75, 3.05) is 11.9 Å². The minimum absolute atomic E-state index is 0.187. The van der Waals surface area contributed by atoms with Gasteiger partial charge in [-0.15, -0.1) is 0 Å². The zero-order valence-corrected chi connectivity index (χ0v) is 15.1. The van der Waals surface area contributed by atoms with Gasteiger partial charge in [0.25, 0.3) is 5.91 Å². The van der Waals surface area contributed by atoms with Crippen molar-refractivity contribution in [3.63, 3.8) is 0 Å². The lowest BCUT2D eigenvalue weighted by Gasteiger charge is -2.16. The number of anilines is 1. The number of aromatic nitrogens is 3. The van der Waals surface area contributed by atoms with E-state index < -0.39 is 0 Å². The number of hydrogen-bond donors (Lipinski definition) is 0. The van der Waals surface area contributed by atoms with E-state index in [9.17, 15) is 4.79 Å². The van der Waals surface area contributed by atoms with Crippen LogP contribution in [-0.4, -0.2) is 27.6 Å². The van der Waals surface area contributed by atoms with Crippen molar-refractivity contribution in [2.45, 2.75) is 13.8 Å². The van der Waals surface area contributed by atoms with Gasteiger partial charge in [0.15, 0.2) is 0 Å². The number of nitriles is 1. The van der Waals surface area contributed by atoms with Crippen LogP contribution >= 0.6 is 15.9 Å². The standard InChI is InChI=1S/C15H10BrN5O.C2H6/c1-20(14-3-2-10(7-17)8-18-14)15(22)11-4-5-21-13(6-11)12(16)9-19-21;1-2/h2-6,8-9H,1H3;1-2H3. The largest absolute Gasteiger partial charge is 0.296 e. The van der Waals surface area contributed by atoms with E-state index in [0.29, 0.717) is 16.9 Å². The van der Waals surface area contributed by atoms with E-state index in [0.717, 1.165) is 9.99 Å². The topological polar surface area (TPSA) is 74.3 Å². The Labute approximate surface area is 148 Å². The van der Waals surface area contributed by atoms with Crippen molar-refractivity contribution >= 4 is 33.2 Å². The number of pyridine rings is 2. The minimum atomic E-state index is -0.187. The van der Waals surface area contributed by atoms with Crippen LogP contribution in [-0.2, 0) is 0 Å². The maximum absolute atomic E-state index is 12.6. The van der Waals surface area contributed by atoms with Crippen LogP contribution in [0, 0.1) is 11.3 Å². The van der Waals surface area contributed by atoms with Crippen LogP contribution in [0.2, 0.25) is 0 Å². The molecule has 0 radical (unpaired) electrons. The summed E-state index contributed by atoms with van der Waals surface area (Å²) in [6.45, 7) is 4.00. The highest BCUT2D eigenvalue weighted by Gasteiger charge is 2.16. The van der Waals surface area contributed by atoms with Gasteiger partial charge >= 0.3 is 0 Å². The van der Waals surface area contributed by atoms with Gasteiger partial charge in [-0.25, -0.2) is 9.50 Å². The highest BCUT2D eigenvalue weighted by Crippen LogP contribution is 2.20. The Morgan fingerprint density at radius 3 is 2.67 bits per heavy atom. The molecule has 0 bridgehead atoms. The van der Waals surface area contributed by atoms with Crippen molar-refractivity contribution in [2.24, 2.45) is 0 Å². The van der Waals surface area contributed by atoms with Crippen LogP contribution in [0.5, 0.6) is 0 Å². The van der Waals surface area contributed by atoms with Gasteiger partial charge < -0.3 is 0 Å². The smallest absolute Gasteiger partial charge is 0.259 e. The number of rotatable bonds is 2. The monoisotopic (exact) mass is 385 g/mol. The van der Waals surface area contributed by atoms with E-state index in [1.165, 1.54) is 11.1 Å². The molecule has 0 aliphatic rings. The third-order valence-electron chi connectivity index (χ3n) is 3.25. The number of halogens is 1. The summed E-state index contributed by atoms with van der Waals surface area (Å²) in [4.78, 5) is 18.1. The molecule has 0 aromatic carbocycles. The Kier molecular flexibility index (Phi) is 5.66. The normalized spacial score (nSPS) is 9.79. The molecular weight excluding hydrogens is 370 g/mol. The first-order valence-electron chi connectivity index (χ1n) is 7.37. The van der Waals surface area contributed by atoms with Crippen molar-refractivity contribution in [3.05, 3.63) is 58.5 Å². The third kappa shape index (κ3) is 3.44. The zero-order chi connectivity index (χ0) is 17.7. The van der Waals surface area contributed by atoms with Gasteiger partial charge in [0, 0.05) is 25.0 Å². The van der Waals surface area contributed by atoms with E-state index in [4.69, 9.17) is 5.26 Å². The lowest BCUT2D eigenvalue weighted by atomic mass is 10.2. The molecular formula is C17H16BrN5O. The fraction of sp³-hybridized carbons (Fsp3) is 0.176. The molecule has 3 heterocycles. The van der Waals surface area contributed by atoms with Gasteiger partial charge in [-0.1, -0.05) is 13.8 Å². The van der Waals surface area contributed by atoms with Crippen LogP contribution in [0.15, 0.2) is 47.3 Å². The number of carbonyl (C=O) groups is 1. The molecule has 3 rings (SSSR count). The molecule has 0 unspecified atom stereocenters. The van der Waals surface area contributed by atoms with E-state index in [2.05, 4.69) is 26.0 Å². The Balaban J connectivity index is 0.00000100. The molecule has 0 fully saturated rings. The van der Waals surface area contributed by atoms with E-state index >= 15 is 0 Å². The maximum atomic E-state index is 12.6. The third-order valence-corrected chi connectivity index (χ3v) is 3.86. The molecule has 1 amide bonds. The van der Waals surface area contributed by atoms with Crippen molar-refractivity contribution < 1.29 is 4.79 Å². The Morgan fingerprint density at radius 2 is 2.04 bits per heavy atom. The first kappa shape index (κ1) is 17.6. The fourth-order valence-corrected chi connectivity index (χ4v) is 2.42. The van der Waals surface area contributed by atoms with Crippen LogP contribution in [0.4, 0.5) is 5.82 Å². The van der Waals surface area contributed by atoms with Gasteiger partial charge in [0.05, 0.1) is 21.7 Å². The van der Waals surface area contributed by atoms with E-state index in [-0.39, 0.29) is 5.91 Å². The van der Waals surface area contributed by atoms with Gasteiger partial charge in [-0.2, -0.15) is 10.4 Å². The lowest BCUT2D eigenvalue weighted by molar-refractivity contribution is 0.0992. The average molecular weight is 386 g/mol. The van der Waals surface area contributed by atoms with Crippen molar-refractivity contribution in [1.82, 2.24) is 14.6 Å². The highest BCUT2D eigenvalue weighted by molar-refractivity contribution is 9.10. The summed E-state index contributed by atoms with van der Waals surface area (Å²) < 4.78 is 2.50. The Hall–Kier alpha value is -2.72. The molecule has 0 aliphatic carbocycles. The summed E-state index contributed by atoms with van der Waals surface area (Å²) in [7, 11) is 1.65.